The van der Waals surface area contributed by atoms with Crippen LogP contribution in [-0.4, -0.2) is 53.0 Å². The van der Waals surface area contributed by atoms with Crippen molar-refractivity contribution in [2.24, 2.45) is 0 Å². The number of methoxy groups -OCH3 is 1. The molecule has 152 valence electrons. The molecule has 2 aromatic carbocycles. The number of H-pyrrole nitrogens is 1. The number of amides is 1. The van der Waals surface area contributed by atoms with Gasteiger partial charge in [-0.05, 0) is 41.3 Å². The predicted octanol–water partition coefficient (Wildman–Crippen LogP) is 3.02. The van der Waals surface area contributed by atoms with Gasteiger partial charge in [-0.15, -0.1) is 0 Å². The van der Waals surface area contributed by atoms with Gasteiger partial charge in [-0.3, -0.25) is 14.2 Å². The van der Waals surface area contributed by atoms with Crippen molar-refractivity contribution < 1.29 is 14.3 Å². The SMILES string of the molecule is COc1ccc2c(c1)cc1n2C(=O)CN(CCNCc2cccc3cc[nH]c23)C1=O. The Morgan fingerprint density at radius 2 is 2.00 bits per heavy atom. The van der Waals surface area contributed by atoms with Gasteiger partial charge in [0, 0.05) is 36.7 Å². The van der Waals surface area contributed by atoms with Crippen LogP contribution < -0.4 is 10.1 Å². The first-order valence-corrected chi connectivity index (χ1v) is 9.93. The van der Waals surface area contributed by atoms with E-state index in [1.54, 1.807) is 24.1 Å². The third-order valence-electron chi connectivity index (χ3n) is 5.64. The summed E-state index contributed by atoms with van der Waals surface area (Å²) in [4.78, 5) is 30.6. The van der Waals surface area contributed by atoms with Gasteiger partial charge in [-0.2, -0.15) is 0 Å². The van der Waals surface area contributed by atoms with Crippen LogP contribution in [0.1, 0.15) is 20.8 Å². The standard InChI is InChI=1S/C23H22N4O3/c1-30-18-5-6-19-17(11-18)12-20-23(29)26(14-21(28)27(19)20)10-9-24-13-16-4-2-3-15-7-8-25-22(15)16/h2-8,11-12,24-25H,9-10,13-14H2,1H3. The second kappa shape index (κ2) is 7.35. The minimum atomic E-state index is -0.127. The molecule has 0 saturated carbocycles. The molecular weight excluding hydrogens is 380 g/mol. The number of carbonyl (C=O) groups is 2. The molecule has 1 aliphatic rings. The molecule has 2 aromatic heterocycles. The molecule has 30 heavy (non-hydrogen) atoms. The maximum absolute atomic E-state index is 13.0. The Bertz CT molecular complexity index is 1270. The van der Waals surface area contributed by atoms with E-state index in [0.717, 1.165) is 16.4 Å². The summed E-state index contributed by atoms with van der Waals surface area (Å²) >= 11 is 0. The van der Waals surface area contributed by atoms with Crippen LogP contribution in [0.25, 0.3) is 21.8 Å². The lowest BCUT2D eigenvalue weighted by Crippen LogP contribution is -2.46. The third-order valence-corrected chi connectivity index (χ3v) is 5.64. The van der Waals surface area contributed by atoms with Gasteiger partial charge in [0.25, 0.3) is 11.8 Å². The summed E-state index contributed by atoms with van der Waals surface area (Å²) in [7, 11) is 1.60. The summed E-state index contributed by atoms with van der Waals surface area (Å²) in [6.45, 7) is 1.84. The van der Waals surface area contributed by atoms with Crippen LogP contribution in [-0.2, 0) is 6.54 Å². The van der Waals surface area contributed by atoms with Gasteiger partial charge >= 0.3 is 0 Å². The minimum absolute atomic E-state index is 0.0789. The average molecular weight is 402 g/mol. The normalized spacial score (nSPS) is 14.0. The van der Waals surface area contributed by atoms with Crippen molar-refractivity contribution >= 4 is 33.6 Å². The van der Waals surface area contributed by atoms with Crippen LogP contribution in [0.4, 0.5) is 0 Å². The molecule has 4 aromatic rings. The zero-order valence-electron chi connectivity index (χ0n) is 16.6. The van der Waals surface area contributed by atoms with Crippen molar-refractivity contribution in [3.05, 3.63) is 66.0 Å². The zero-order valence-corrected chi connectivity index (χ0v) is 16.6. The van der Waals surface area contributed by atoms with Gasteiger partial charge in [0.05, 0.1) is 12.6 Å². The zero-order chi connectivity index (χ0) is 20.7. The highest BCUT2D eigenvalue weighted by Crippen LogP contribution is 2.27. The van der Waals surface area contributed by atoms with E-state index in [2.05, 4.69) is 22.4 Å². The van der Waals surface area contributed by atoms with E-state index in [4.69, 9.17) is 4.74 Å². The number of nitrogens with zero attached hydrogens (tertiary/aromatic N) is 2. The molecular formula is C23H22N4O3. The average Bonchev–Trinajstić information content (AvgIpc) is 3.39. The third kappa shape index (κ3) is 3.04. The fourth-order valence-electron chi connectivity index (χ4n) is 4.13. The van der Waals surface area contributed by atoms with Crippen LogP contribution >= 0.6 is 0 Å². The highest BCUT2D eigenvalue weighted by Gasteiger charge is 2.31. The van der Waals surface area contributed by atoms with Crippen LogP contribution in [0.3, 0.4) is 0 Å². The number of hydrogen-bond donors (Lipinski definition) is 2. The number of aromatic amines is 1. The fourth-order valence-corrected chi connectivity index (χ4v) is 4.13. The Kier molecular flexibility index (Phi) is 4.52. The van der Waals surface area contributed by atoms with E-state index in [-0.39, 0.29) is 18.4 Å². The molecule has 0 aliphatic carbocycles. The molecule has 0 spiro atoms. The lowest BCUT2D eigenvalue weighted by molar-refractivity contribution is 0.0625. The largest absolute Gasteiger partial charge is 0.497 e. The van der Waals surface area contributed by atoms with Crippen molar-refractivity contribution in [2.75, 3.05) is 26.7 Å². The van der Waals surface area contributed by atoms with Crippen molar-refractivity contribution in [3.8, 4) is 5.75 Å². The highest BCUT2D eigenvalue weighted by molar-refractivity contribution is 6.09. The van der Waals surface area contributed by atoms with E-state index in [0.29, 0.717) is 31.1 Å². The number of hydrogen-bond acceptors (Lipinski definition) is 4. The van der Waals surface area contributed by atoms with Crippen molar-refractivity contribution in [1.29, 1.82) is 0 Å². The van der Waals surface area contributed by atoms with Crippen molar-refractivity contribution in [3.63, 3.8) is 0 Å². The quantitative estimate of drug-likeness (QED) is 0.486. The Hall–Kier alpha value is -3.58. The van der Waals surface area contributed by atoms with Gasteiger partial charge in [0.15, 0.2) is 0 Å². The molecule has 5 rings (SSSR count). The summed E-state index contributed by atoms with van der Waals surface area (Å²) in [6, 6.07) is 15.5. The van der Waals surface area contributed by atoms with E-state index in [1.165, 1.54) is 15.5 Å². The Morgan fingerprint density at radius 1 is 1.10 bits per heavy atom. The molecule has 1 amide bonds. The number of ether oxygens (including phenoxy) is 1. The molecule has 7 heteroatoms. The summed E-state index contributed by atoms with van der Waals surface area (Å²) in [5.74, 6) is 0.474. The lowest BCUT2D eigenvalue weighted by atomic mass is 10.1. The van der Waals surface area contributed by atoms with Gasteiger partial charge in [0.2, 0.25) is 0 Å². The Labute approximate surface area is 173 Å². The monoisotopic (exact) mass is 402 g/mol. The van der Waals surface area contributed by atoms with Crippen LogP contribution in [0, 0.1) is 0 Å². The molecule has 1 aliphatic heterocycles. The maximum atomic E-state index is 13.0. The summed E-state index contributed by atoms with van der Waals surface area (Å²) in [5.41, 5.74) is 3.44. The van der Waals surface area contributed by atoms with Gasteiger partial charge in [0.1, 0.15) is 18.0 Å². The van der Waals surface area contributed by atoms with Crippen molar-refractivity contribution in [2.45, 2.75) is 6.54 Å². The van der Waals surface area contributed by atoms with E-state index < -0.39 is 0 Å². The molecule has 2 N–H and O–H groups in total. The minimum Gasteiger partial charge on any atom is -0.497 e. The Balaban J connectivity index is 1.28. The number of rotatable bonds is 6. The van der Waals surface area contributed by atoms with Gasteiger partial charge < -0.3 is 19.9 Å². The van der Waals surface area contributed by atoms with Gasteiger partial charge in [-0.1, -0.05) is 18.2 Å². The second-order valence-electron chi connectivity index (χ2n) is 7.45. The topological polar surface area (TPSA) is 79.4 Å². The van der Waals surface area contributed by atoms with Gasteiger partial charge in [-0.25, -0.2) is 0 Å². The summed E-state index contributed by atoms with van der Waals surface area (Å²) < 4.78 is 6.77. The molecule has 7 nitrogen and oxygen atoms in total. The smallest absolute Gasteiger partial charge is 0.271 e. The van der Waals surface area contributed by atoms with E-state index >= 15 is 0 Å². The second-order valence-corrected chi connectivity index (χ2v) is 7.45. The van der Waals surface area contributed by atoms with E-state index in [1.807, 2.05) is 30.5 Å². The van der Waals surface area contributed by atoms with Crippen LogP contribution in [0.5, 0.6) is 5.75 Å². The Morgan fingerprint density at radius 3 is 2.87 bits per heavy atom. The molecule has 0 atom stereocenters. The molecule has 0 fully saturated rings. The summed E-state index contributed by atoms with van der Waals surface area (Å²) in [6.07, 6.45) is 1.93. The number of fused-ring (bicyclic) bond motifs is 4. The molecule has 0 unspecified atom stereocenters. The molecule has 3 heterocycles. The number of benzene rings is 2. The maximum Gasteiger partial charge on any atom is 0.271 e. The summed E-state index contributed by atoms with van der Waals surface area (Å²) in [5, 5.41) is 5.38. The first-order chi connectivity index (χ1) is 14.7. The van der Waals surface area contributed by atoms with Crippen LogP contribution in [0.2, 0.25) is 0 Å². The van der Waals surface area contributed by atoms with Crippen molar-refractivity contribution in [1.82, 2.24) is 19.8 Å². The highest BCUT2D eigenvalue weighted by atomic mass is 16.5. The fraction of sp³-hybridized carbons (Fsp3) is 0.217. The first kappa shape index (κ1) is 18.4. The number of aromatic nitrogens is 2. The number of para-hydroxylation sites is 1. The molecule has 0 radical (unpaired) electrons. The molecule has 0 bridgehead atoms. The predicted molar refractivity (Wildman–Crippen MR) is 115 cm³/mol. The van der Waals surface area contributed by atoms with Crippen LogP contribution in [0.15, 0.2) is 54.7 Å². The lowest BCUT2D eigenvalue weighted by Gasteiger charge is -2.27. The first-order valence-electron chi connectivity index (χ1n) is 9.93. The number of carbonyl (C=O) groups excluding carboxylic acids is 2. The number of nitrogens with one attached hydrogen (secondary N) is 2. The molecule has 0 saturated heterocycles. The van der Waals surface area contributed by atoms with E-state index in [9.17, 15) is 9.59 Å².